The second-order valence-electron chi connectivity index (χ2n) is 4.38. The summed E-state index contributed by atoms with van der Waals surface area (Å²) in [5.74, 6) is -0.330. The third kappa shape index (κ3) is 3.52. The summed E-state index contributed by atoms with van der Waals surface area (Å²) in [6.45, 7) is 0.0958. The summed E-state index contributed by atoms with van der Waals surface area (Å²) in [7, 11) is 1.52. The molecule has 0 saturated carbocycles. The number of hydrogen-bond donors (Lipinski definition) is 0. The molecule has 0 unspecified atom stereocenters. The molecule has 0 N–H and O–H groups in total. The standard InChI is InChI=1S/C16H15ClFNO2/c1-21-15-9-5-4-8-14(15)19(16(20)10-17)11-12-6-2-3-7-13(12)18/h2-9H,10-11H2,1H3. The maximum Gasteiger partial charge on any atom is 0.242 e. The van der Waals surface area contributed by atoms with Crippen molar-refractivity contribution in [1.29, 1.82) is 0 Å². The molecule has 0 aromatic heterocycles. The van der Waals surface area contributed by atoms with Crippen molar-refractivity contribution < 1.29 is 13.9 Å². The minimum absolute atomic E-state index is 0.0958. The fourth-order valence-corrected chi connectivity index (χ4v) is 2.17. The van der Waals surface area contributed by atoms with Crippen LogP contribution >= 0.6 is 11.6 Å². The Balaban J connectivity index is 2.40. The topological polar surface area (TPSA) is 29.5 Å². The number of benzene rings is 2. The number of carbonyl (C=O) groups excluding carboxylic acids is 1. The zero-order valence-electron chi connectivity index (χ0n) is 11.6. The summed E-state index contributed by atoms with van der Waals surface area (Å²) in [6, 6.07) is 13.4. The zero-order valence-corrected chi connectivity index (χ0v) is 12.3. The van der Waals surface area contributed by atoms with Gasteiger partial charge in [-0.25, -0.2) is 4.39 Å². The van der Waals surface area contributed by atoms with Gasteiger partial charge in [-0.15, -0.1) is 11.6 Å². The van der Waals surface area contributed by atoms with Crippen LogP contribution in [0, 0.1) is 5.82 Å². The highest BCUT2D eigenvalue weighted by Gasteiger charge is 2.19. The fourth-order valence-electron chi connectivity index (χ4n) is 2.03. The van der Waals surface area contributed by atoms with E-state index < -0.39 is 0 Å². The van der Waals surface area contributed by atoms with E-state index in [4.69, 9.17) is 16.3 Å². The van der Waals surface area contributed by atoms with Gasteiger partial charge in [-0.2, -0.15) is 0 Å². The first-order valence-electron chi connectivity index (χ1n) is 6.40. The maximum atomic E-state index is 13.8. The lowest BCUT2D eigenvalue weighted by Gasteiger charge is -2.24. The Morgan fingerprint density at radius 2 is 1.86 bits per heavy atom. The van der Waals surface area contributed by atoms with E-state index in [0.717, 1.165) is 0 Å². The highest BCUT2D eigenvalue weighted by Crippen LogP contribution is 2.29. The number of nitrogens with zero attached hydrogens (tertiary/aromatic N) is 1. The van der Waals surface area contributed by atoms with Gasteiger partial charge in [0.1, 0.15) is 17.4 Å². The van der Waals surface area contributed by atoms with Gasteiger partial charge >= 0.3 is 0 Å². The number of carbonyl (C=O) groups is 1. The lowest BCUT2D eigenvalue weighted by molar-refractivity contribution is -0.116. The molecule has 1 amide bonds. The highest BCUT2D eigenvalue weighted by atomic mass is 35.5. The predicted molar refractivity (Wildman–Crippen MR) is 81.3 cm³/mol. The molecule has 0 saturated heterocycles. The molecule has 0 heterocycles. The van der Waals surface area contributed by atoms with Crippen LogP contribution in [0.1, 0.15) is 5.56 Å². The number of hydrogen-bond acceptors (Lipinski definition) is 2. The van der Waals surface area contributed by atoms with Crippen LogP contribution in [0.4, 0.5) is 10.1 Å². The van der Waals surface area contributed by atoms with Crippen molar-refractivity contribution in [1.82, 2.24) is 0 Å². The number of halogens is 2. The number of ether oxygens (including phenoxy) is 1. The van der Waals surface area contributed by atoms with Crippen LogP contribution in [-0.2, 0) is 11.3 Å². The molecule has 0 aliphatic carbocycles. The van der Waals surface area contributed by atoms with Gasteiger partial charge in [0.2, 0.25) is 5.91 Å². The maximum absolute atomic E-state index is 13.8. The molecule has 0 atom stereocenters. The minimum atomic E-state index is -0.361. The molecule has 0 radical (unpaired) electrons. The second kappa shape index (κ2) is 7.09. The van der Waals surface area contributed by atoms with Crippen molar-refractivity contribution >= 4 is 23.2 Å². The molecule has 0 fully saturated rings. The van der Waals surface area contributed by atoms with Crippen molar-refractivity contribution in [2.45, 2.75) is 6.54 Å². The van der Waals surface area contributed by atoms with Gasteiger partial charge in [-0.05, 0) is 18.2 Å². The molecule has 5 heteroatoms. The van der Waals surface area contributed by atoms with E-state index >= 15 is 0 Å². The smallest absolute Gasteiger partial charge is 0.242 e. The average Bonchev–Trinajstić information content (AvgIpc) is 2.53. The largest absolute Gasteiger partial charge is 0.495 e. The van der Waals surface area contributed by atoms with Gasteiger partial charge in [0.25, 0.3) is 0 Å². The zero-order chi connectivity index (χ0) is 15.2. The summed E-state index contributed by atoms with van der Waals surface area (Å²) in [5, 5.41) is 0. The number of anilines is 1. The normalized spacial score (nSPS) is 10.2. The SMILES string of the molecule is COc1ccccc1N(Cc1ccccc1F)C(=O)CCl. The van der Waals surface area contributed by atoms with Crippen molar-refractivity contribution in [2.24, 2.45) is 0 Å². The molecule has 0 bridgehead atoms. The second-order valence-corrected chi connectivity index (χ2v) is 4.64. The van der Waals surface area contributed by atoms with Gasteiger partial charge < -0.3 is 9.64 Å². The number of alkyl halides is 1. The highest BCUT2D eigenvalue weighted by molar-refractivity contribution is 6.29. The minimum Gasteiger partial charge on any atom is -0.495 e. The lowest BCUT2D eigenvalue weighted by atomic mass is 10.1. The van der Waals surface area contributed by atoms with Crippen molar-refractivity contribution in [3.63, 3.8) is 0 Å². The van der Waals surface area contributed by atoms with Crippen LogP contribution in [0.5, 0.6) is 5.75 Å². The average molecular weight is 308 g/mol. The molecular weight excluding hydrogens is 293 g/mol. The van der Waals surface area contributed by atoms with E-state index in [2.05, 4.69) is 0 Å². The van der Waals surface area contributed by atoms with Crippen LogP contribution < -0.4 is 9.64 Å². The van der Waals surface area contributed by atoms with Crippen molar-refractivity contribution in [3.8, 4) is 5.75 Å². The van der Waals surface area contributed by atoms with Crippen LogP contribution in [0.2, 0.25) is 0 Å². The molecule has 21 heavy (non-hydrogen) atoms. The Morgan fingerprint density at radius 1 is 1.19 bits per heavy atom. The first-order chi connectivity index (χ1) is 10.2. The van der Waals surface area contributed by atoms with Crippen LogP contribution in [-0.4, -0.2) is 18.9 Å². The first kappa shape index (κ1) is 15.3. The summed E-state index contributed by atoms with van der Waals surface area (Å²) in [4.78, 5) is 13.5. The molecule has 2 aromatic rings. The lowest BCUT2D eigenvalue weighted by Crippen LogP contribution is -2.32. The molecular formula is C16H15ClFNO2. The monoisotopic (exact) mass is 307 g/mol. The summed E-state index contributed by atoms with van der Waals surface area (Å²) in [5.41, 5.74) is 0.982. The summed E-state index contributed by atoms with van der Waals surface area (Å²) in [6.07, 6.45) is 0. The summed E-state index contributed by atoms with van der Waals surface area (Å²) >= 11 is 5.67. The van der Waals surface area contributed by atoms with E-state index in [1.807, 2.05) is 0 Å². The fraction of sp³-hybridized carbons (Fsp3) is 0.188. The number of methoxy groups -OCH3 is 1. The van der Waals surface area contributed by atoms with E-state index in [-0.39, 0.29) is 24.1 Å². The van der Waals surface area contributed by atoms with E-state index in [0.29, 0.717) is 17.0 Å². The van der Waals surface area contributed by atoms with Crippen LogP contribution in [0.3, 0.4) is 0 Å². The van der Waals surface area contributed by atoms with Crippen molar-refractivity contribution in [2.75, 3.05) is 17.9 Å². The molecule has 0 aliphatic rings. The number of amides is 1. The third-order valence-electron chi connectivity index (χ3n) is 3.08. The van der Waals surface area contributed by atoms with Gasteiger partial charge in [0.15, 0.2) is 0 Å². The molecule has 0 aliphatic heterocycles. The Hall–Kier alpha value is -2.07. The number of rotatable bonds is 5. The van der Waals surface area contributed by atoms with Gasteiger partial charge in [-0.3, -0.25) is 4.79 Å². The first-order valence-corrected chi connectivity index (χ1v) is 6.93. The third-order valence-corrected chi connectivity index (χ3v) is 3.31. The molecule has 0 spiro atoms. The van der Waals surface area contributed by atoms with Gasteiger partial charge in [-0.1, -0.05) is 30.3 Å². The quantitative estimate of drug-likeness (QED) is 0.790. The molecule has 3 nitrogen and oxygen atoms in total. The Morgan fingerprint density at radius 3 is 2.52 bits per heavy atom. The van der Waals surface area contributed by atoms with Crippen molar-refractivity contribution in [3.05, 3.63) is 59.9 Å². The van der Waals surface area contributed by atoms with Crippen LogP contribution in [0.25, 0.3) is 0 Å². The summed E-state index contributed by atoms with van der Waals surface area (Å²) < 4.78 is 19.1. The van der Waals surface area contributed by atoms with Gasteiger partial charge in [0.05, 0.1) is 19.3 Å². The van der Waals surface area contributed by atoms with E-state index in [1.54, 1.807) is 42.5 Å². The van der Waals surface area contributed by atoms with E-state index in [9.17, 15) is 9.18 Å². The molecule has 110 valence electrons. The molecule has 2 aromatic carbocycles. The van der Waals surface area contributed by atoms with E-state index in [1.165, 1.54) is 18.1 Å². The predicted octanol–water partition coefficient (Wildman–Crippen LogP) is 3.61. The Bertz CT molecular complexity index is 633. The Labute approximate surface area is 127 Å². The number of para-hydroxylation sites is 2. The molecule has 2 rings (SSSR count). The van der Waals surface area contributed by atoms with Gasteiger partial charge in [0, 0.05) is 5.56 Å². The Kier molecular flexibility index (Phi) is 5.17. The van der Waals surface area contributed by atoms with Crippen LogP contribution in [0.15, 0.2) is 48.5 Å².